The zero-order valence-corrected chi connectivity index (χ0v) is 23.0. The van der Waals surface area contributed by atoms with Gasteiger partial charge in [0.15, 0.2) is 5.78 Å². The molecule has 2 amide bonds. The van der Waals surface area contributed by atoms with E-state index in [0.717, 1.165) is 16.7 Å². The van der Waals surface area contributed by atoms with Crippen molar-refractivity contribution in [1.82, 2.24) is 4.90 Å². The number of aliphatic hydroxyl groups excluding tert-OH is 1. The number of fused-ring (bicyclic) bond motifs is 2. The average Bonchev–Trinajstić information content (AvgIpc) is 3.44. The summed E-state index contributed by atoms with van der Waals surface area (Å²) in [5, 5.41) is 13.8. The first-order chi connectivity index (χ1) is 19.3. The van der Waals surface area contributed by atoms with E-state index >= 15 is 0 Å². The molecule has 2 aliphatic heterocycles. The monoisotopic (exact) mass is 543 g/mol. The summed E-state index contributed by atoms with van der Waals surface area (Å²) in [6, 6.07) is 9.30. The van der Waals surface area contributed by atoms with Crippen molar-refractivity contribution in [3.05, 3.63) is 81.6 Å². The number of carbonyl (C=O) groups excluding carboxylic acids is 3. The van der Waals surface area contributed by atoms with Crippen molar-refractivity contribution >= 4 is 29.0 Å². The molecule has 9 heteroatoms. The maximum atomic E-state index is 13.0. The van der Waals surface area contributed by atoms with Crippen molar-refractivity contribution in [3.8, 4) is 5.75 Å². The molecule has 0 fully saturated rings. The standard InChI is InChI=1S/C31H33N3O6/c1-18-8-9-28(19(2)12-18)40-17-21(35)16-32-24-6-4-7-27(36)29(24)26-14-20-13-22-23(15-25(20)33-26)31(38)34(30(22)37)10-5-11-39-3/h4,6,8-9,12-13,15,21,33,35H,5,7,10-11,14,16-17H2,1-3H3/t21-/m1/s1. The molecular weight excluding hydrogens is 510 g/mol. The lowest BCUT2D eigenvalue weighted by Crippen LogP contribution is -2.31. The SMILES string of the molecule is COCCCN1C(=O)c2cc3c(cc2C1=O)NC(=C1C(=O)CC=CC1=NC[C@@H](O)COc1ccc(C)cc1C)C3. The molecule has 2 heterocycles. The van der Waals surface area contributed by atoms with Crippen molar-refractivity contribution in [1.29, 1.82) is 0 Å². The molecule has 0 bridgehead atoms. The number of amides is 2. The molecule has 0 unspecified atom stereocenters. The smallest absolute Gasteiger partial charge is 0.261 e. The van der Waals surface area contributed by atoms with Gasteiger partial charge in [0, 0.05) is 44.5 Å². The van der Waals surface area contributed by atoms with E-state index in [0.29, 0.717) is 65.5 Å². The van der Waals surface area contributed by atoms with Gasteiger partial charge >= 0.3 is 0 Å². The van der Waals surface area contributed by atoms with Crippen LogP contribution in [-0.2, 0) is 16.0 Å². The highest BCUT2D eigenvalue weighted by Crippen LogP contribution is 2.36. The van der Waals surface area contributed by atoms with E-state index in [1.807, 2.05) is 32.0 Å². The minimum Gasteiger partial charge on any atom is -0.491 e. The van der Waals surface area contributed by atoms with Crippen molar-refractivity contribution in [2.75, 3.05) is 38.7 Å². The first-order valence-electron chi connectivity index (χ1n) is 13.4. The Labute approximate surface area is 233 Å². The van der Waals surface area contributed by atoms with Crippen LogP contribution >= 0.6 is 0 Å². The highest BCUT2D eigenvalue weighted by atomic mass is 16.5. The van der Waals surface area contributed by atoms with Crippen LogP contribution < -0.4 is 10.1 Å². The highest BCUT2D eigenvalue weighted by molar-refractivity contribution is 6.29. The van der Waals surface area contributed by atoms with Gasteiger partial charge in [0.25, 0.3) is 11.8 Å². The van der Waals surface area contributed by atoms with Gasteiger partial charge in [-0.05, 0) is 55.7 Å². The fraction of sp³-hybridized carbons (Fsp3) is 0.355. The number of nitrogens with one attached hydrogen (secondary N) is 1. The van der Waals surface area contributed by atoms with Crippen LogP contribution in [-0.4, -0.2) is 72.8 Å². The topological polar surface area (TPSA) is 118 Å². The number of anilines is 1. The summed E-state index contributed by atoms with van der Waals surface area (Å²) in [5.41, 5.74) is 6.02. The molecule has 9 nitrogen and oxygen atoms in total. The third kappa shape index (κ3) is 5.48. The summed E-state index contributed by atoms with van der Waals surface area (Å²) in [7, 11) is 1.58. The Kier molecular flexibility index (Phi) is 7.95. The number of aliphatic imine (C=N–C) groups is 1. The van der Waals surface area contributed by atoms with E-state index in [9.17, 15) is 19.5 Å². The number of benzene rings is 2. The predicted molar refractivity (Wildman–Crippen MR) is 151 cm³/mol. The van der Waals surface area contributed by atoms with Crippen LogP contribution in [0, 0.1) is 13.8 Å². The van der Waals surface area contributed by atoms with Crippen molar-refractivity contribution in [2.24, 2.45) is 4.99 Å². The molecule has 2 aromatic carbocycles. The zero-order valence-electron chi connectivity index (χ0n) is 23.0. The normalized spacial score (nSPS) is 19.8. The number of rotatable bonds is 9. The molecule has 5 rings (SSSR count). The summed E-state index contributed by atoms with van der Waals surface area (Å²) in [6.45, 7) is 4.87. The van der Waals surface area contributed by atoms with Crippen molar-refractivity contribution in [3.63, 3.8) is 0 Å². The largest absolute Gasteiger partial charge is 0.491 e. The summed E-state index contributed by atoms with van der Waals surface area (Å²) in [5.74, 6) is -0.00180. The van der Waals surface area contributed by atoms with Crippen LogP contribution in [0.3, 0.4) is 0 Å². The molecule has 0 aromatic heterocycles. The van der Waals surface area contributed by atoms with E-state index in [2.05, 4.69) is 10.3 Å². The maximum absolute atomic E-state index is 13.0. The third-order valence-corrected chi connectivity index (χ3v) is 7.23. The summed E-state index contributed by atoms with van der Waals surface area (Å²) < 4.78 is 10.8. The van der Waals surface area contributed by atoms with Crippen LogP contribution in [0.15, 0.2) is 58.7 Å². The summed E-state index contributed by atoms with van der Waals surface area (Å²) >= 11 is 0. The molecule has 1 atom stereocenters. The van der Waals surface area contributed by atoms with E-state index in [1.165, 1.54) is 4.90 Å². The number of Topliss-reactive ketones (excluding diaryl/α,β-unsaturated/α-hetero) is 1. The number of carbonyl (C=O) groups is 3. The Hall–Kier alpha value is -4.08. The summed E-state index contributed by atoms with van der Waals surface area (Å²) in [6.07, 6.45) is 3.91. The van der Waals surface area contributed by atoms with Gasteiger partial charge in [0.05, 0.1) is 29.0 Å². The molecule has 0 spiro atoms. The molecule has 2 N–H and O–H groups in total. The minimum absolute atomic E-state index is 0.0673. The fourth-order valence-electron chi connectivity index (χ4n) is 5.23. The van der Waals surface area contributed by atoms with E-state index in [1.54, 1.807) is 31.4 Å². The fourth-order valence-corrected chi connectivity index (χ4v) is 5.23. The van der Waals surface area contributed by atoms with Crippen LogP contribution in [0.2, 0.25) is 0 Å². The number of nitrogens with zero attached hydrogens (tertiary/aromatic N) is 2. The highest BCUT2D eigenvalue weighted by Gasteiger charge is 2.37. The van der Waals surface area contributed by atoms with Crippen molar-refractivity contribution in [2.45, 2.75) is 39.2 Å². The first-order valence-corrected chi connectivity index (χ1v) is 13.4. The molecule has 1 aliphatic carbocycles. The number of hydrogen-bond donors (Lipinski definition) is 2. The minimum atomic E-state index is -0.856. The lowest BCUT2D eigenvalue weighted by Gasteiger charge is -2.16. The second-order valence-corrected chi connectivity index (χ2v) is 10.3. The Morgan fingerprint density at radius 1 is 1.10 bits per heavy atom. The van der Waals surface area contributed by atoms with Crippen LogP contribution in [0.4, 0.5) is 5.69 Å². The Morgan fingerprint density at radius 3 is 2.62 bits per heavy atom. The molecule has 40 heavy (non-hydrogen) atoms. The second kappa shape index (κ2) is 11.6. The van der Waals surface area contributed by atoms with Gasteiger partial charge in [0.1, 0.15) is 18.5 Å². The van der Waals surface area contributed by atoms with E-state index in [-0.39, 0.29) is 37.2 Å². The molecule has 0 saturated heterocycles. The Bertz CT molecular complexity index is 1420. The predicted octanol–water partition coefficient (Wildman–Crippen LogP) is 3.57. The quantitative estimate of drug-likeness (QED) is 0.282. The Balaban J connectivity index is 1.31. The van der Waals surface area contributed by atoms with Gasteiger partial charge in [0.2, 0.25) is 0 Å². The molecule has 0 saturated carbocycles. The third-order valence-electron chi connectivity index (χ3n) is 7.23. The number of aliphatic hydroxyl groups is 1. The van der Waals surface area contributed by atoms with Gasteiger partial charge < -0.3 is 19.9 Å². The molecule has 3 aliphatic rings. The average molecular weight is 544 g/mol. The van der Waals surface area contributed by atoms with E-state index < -0.39 is 6.10 Å². The second-order valence-electron chi connectivity index (χ2n) is 10.3. The molecule has 208 valence electrons. The first kappa shape index (κ1) is 27.5. The Morgan fingerprint density at radius 2 is 1.88 bits per heavy atom. The number of methoxy groups -OCH3 is 1. The number of allylic oxidation sites excluding steroid dienone is 4. The van der Waals surface area contributed by atoms with Gasteiger partial charge in [-0.25, -0.2) is 0 Å². The molecule has 0 radical (unpaired) electrons. The number of ether oxygens (including phenoxy) is 2. The van der Waals surface area contributed by atoms with Gasteiger partial charge in [-0.2, -0.15) is 0 Å². The number of imide groups is 1. The number of aryl methyl sites for hydroxylation is 2. The number of ketones is 1. The lowest BCUT2D eigenvalue weighted by molar-refractivity contribution is -0.114. The van der Waals surface area contributed by atoms with Crippen molar-refractivity contribution < 1.29 is 29.0 Å². The summed E-state index contributed by atoms with van der Waals surface area (Å²) in [4.78, 5) is 44.7. The zero-order chi connectivity index (χ0) is 28.4. The van der Waals surface area contributed by atoms with Gasteiger partial charge in [-0.3, -0.25) is 24.3 Å². The van der Waals surface area contributed by atoms with Crippen LogP contribution in [0.1, 0.15) is 50.2 Å². The van der Waals surface area contributed by atoms with Gasteiger partial charge in [-0.1, -0.05) is 23.8 Å². The van der Waals surface area contributed by atoms with Crippen LogP contribution in [0.5, 0.6) is 5.75 Å². The molecular formula is C31H33N3O6. The molecule has 2 aromatic rings. The van der Waals surface area contributed by atoms with Crippen LogP contribution in [0.25, 0.3) is 0 Å². The van der Waals surface area contributed by atoms with E-state index in [4.69, 9.17) is 9.47 Å². The van der Waals surface area contributed by atoms with Gasteiger partial charge in [-0.15, -0.1) is 0 Å². The lowest BCUT2D eigenvalue weighted by atomic mass is 9.94. The maximum Gasteiger partial charge on any atom is 0.261 e. The number of hydrogen-bond acceptors (Lipinski definition) is 8.